The molecule has 2 aromatic heterocycles. The molecule has 4 heteroatoms. The first-order valence-electron chi connectivity index (χ1n) is 4.15. The van der Waals surface area contributed by atoms with E-state index in [4.69, 9.17) is 0 Å². The molecule has 0 saturated carbocycles. The number of nitrogens with one attached hydrogen (secondary N) is 1. The van der Waals surface area contributed by atoms with Gasteiger partial charge in [-0.2, -0.15) is 0 Å². The van der Waals surface area contributed by atoms with Crippen molar-refractivity contribution in [1.29, 1.82) is 0 Å². The normalized spacial score (nSPS) is 10.5. The molecular weight excluding hydrogens is 166 g/mol. The summed E-state index contributed by atoms with van der Waals surface area (Å²) in [6, 6.07) is 3.44. The van der Waals surface area contributed by atoms with Crippen LogP contribution < -0.4 is 5.56 Å². The molecule has 13 heavy (non-hydrogen) atoms. The smallest absolute Gasteiger partial charge is 0.260 e. The quantitative estimate of drug-likeness (QED) is 0.699. The van der Waals surface area contributed by atoms with Gasteiger partial charge in [0.05, 0.1) is 5.39 Å². The van der Waals surface area contributed by atoms with Gasteiger partial charge in [-0.1, -0.05) is 6.92 Å². The van der Waals surface area contributed by atoms with E-state index in [1.165, 1.54) is 0 Å². The minimum Gasteiger partial charge on any atom is -0.310 e. The lowest BCUT2D eigenvalue weighted by Gasteiger charge is -1.97. The summed E-state index contributed by atoms with van der Waals surface area (Å²) in [5.74, 6) is 0.677. The lowest BCUT2D eigenvalue weighted by Crippen LogP contribution is -2.11. The van der Waals surface area contributed by atoms with Gasteiger partial charge in [-0.05, 0) is 12.1 Å². The molecule has 2 aromatic rings. The Hall–Kier alpha value is -1.71. The van der Waals surface area contributed by atoms with Gasteiger partial charge in [-0.3, -0.25) is 4.79 Å². The Morgan fingerprint density at radius 1 is 1.54 bits per heavy atom. The predicted octanol–water partition coefficient (Wildman–Crippen LogP) is 0.880. The monoisotopic (exact) mass is 175 g/mol. The van der Waals surface area contributed by atoms with Gasteiger partial charge < -0.3 is 4.98 Å². The number of pyridine rings is 1. The zero-order chi connectivity index (χ0) is 9.26. The van der Waals surface area contributed by atoms with Gasteiger partial charge in [0, 0.05) is 12.6 Å². The van der Waals surface area contributed by atoms with E-state index in [9.17, 15) is 4.79 Å². The van der Waals surface area contributed by atoms with Gasteiger partial charge in [0.15, 0.2) is 5.65 Å². The molecule has 0 fully saturated rings. The number of aryl methyl sites for hydroxylation is 1. The number of hydrogen-bond acceptors (Lipinski definition) is 3. The van der Waals surface area contributed by atoms with E-state index in [-0.39, 0.29) is 5.56 Å². The lowest BCUT2D eigenvalue weighted by molar-refractivity contribution is 0.936. The molecule has 0 aliphatic rings. The van der Waals surface area contributed by atoms with Crippen molar-refractivity contribution in [2.75, 3.05) is 0 Å². The maximum atomic E-state index is 11.4. The molecule has 0 unspecified atom stereocenters. The minimum absolute atomic E-state index is 0.116. The fourth-order valence-electron chi connectivity index (χ4n) is 1.18. The summed E-state index contributed by atoms with van der Waals surface area (Å²) in [7, 11) is 0. The van der Waals surface area contributed by atoms with Crippen molar-refractivity contribution in [3.63, 3.8) is 0 Å². The number of H-pyrrole nitrogens is 1. The number of aromatic nitrogens is 3. The highest BCUT2D eigenvalue weighted by atomic mass is 16.1. The minimum atomic E-state index is -0.116. The van der Waals surface area contributed by atoms with Crippen molar-refractivity contribution in [2.24, 2.45) is 0 Å². The van der Waals surface area contributed by atoms with Crippen LogP contribution in [0.5, 0.6) is 0 Å². The van der Waals surface area contributed by atoms with Gasteiger partial charge >= 0.3 is 0 Å². The van der Waals surface area contributed by atoms with E-state index < -0.39 is 0 Å². The molecule has 0 amide bonds. The second-order valence-electron chi connectivity index (χ2n) is 2.74. The van der Waals surface area contributed by atoms with Gasteiger partial charge in [0.2, 0.25) is 0 Å². The summed E-state index contributed by atoms with van der Waals surface area (Å²) in [5, 5.41) is 0.541. The molecular formula is C9H9N3O. The average molecular weight is 175 g/mol. The Morgan fingerprint density at radius 3 is 3.15 bits per heavy atom. The van der Waals surface area contributed by atoms with Crippen LogP contribution in [0.25, 0.3) is 11.0 Å². The fraction of sp³-hybridized carbons (Fsp3) is 0.222. The van der Waals surface area contributed by atoms with Crippen molar-refractivity contribution < 1.29 is 0 Å². The SMILES string of the molecule is CCc1nc2ncccc2c(=O)[nH]1. The van der Waals surface area contributed by atoms with E-state index in [1.54, 1.807) is 18.3 Å². The summed E-state index contributed by atoms with van der Waals surface area (Å²) < 4.78 is 0. The first-order chi connectivity index (χ1) is 6.31. The van der Waals surface area contributed by atoms with E-state index in [0.717, 1.165) is 0 Å². The fourth-order valence-corrected chi connectivity index (χ4v) is 1.18. The van der Waals surface area contributed by atoms with E-state index >= 15 is 0 Å². The topological polar surface area (TPSA) is 58.6 Å². The molecule has 0 bridgehead atoms. The second-order valence-corrected chi connectivity index (χ2v) is 2.74. The highest BCUT2D eigenvalue weighted by molar-refractivity contribution is 5.72. The summed E-state index contributed by atoms with van der Waals surface area (Å²) in [6.45, 7) is 1.94. The standard InChI is InChI=1S/C9H9N3O/c1-2-7-11-8-6(9(13)12-7)4-3-5-10-8/h3-5H,2H2,1H3,(H,10,11,12,13). The lowest BCUT2D eigenvalue weighted by atomic mass is 10.3. The Labute approximate surface area is 74.7 Å². The highest BCUT2D eigenvalue weighted by Gasteiger charge is 2.01. The van der Waals surface area contributed by atoms with Crippen molar-refractivity contribution in [3.8, 4) is 0 Å². The largest absolute Gasteiger partial charge is 0.310 e. The number of rotatable bonds is 1. The summed E-state index contributed by atoms with van der Waals surface area (Å²) in [6.07, 6.45) is 2.34. The van der Waals surface area contributed by atoms with Crippen LogP contribution in [0.2, 0.25) is 0 Å². The Balaban J connectivity index is 2.85. The maximum absolute atomic E-state index is 11.4. The van der Waals surface area contributed by atoms with E-state index in [2.05, 4.69) is 15.0 Å². The van der Waals surface area contributed by atoms with Crippen molar-refractivity contribution >= 4 is 11.0 Å². The Bertz CT molecular complexity index is 489. The number of nitrogens with zero attached hydrogens (tertiary/aromatic N) is 2. The average Bonchev–Trinajstić information content (AvgIpc) is 2.18. The summed E-state index contributed by atoms with van der Waals surface area (Å²) in [4.78, 5) is 22.3. The molecule has 0 radical (unpaired) electrons. The molecule has 0 aromatic carbocycles. The number of fused-ring (bicyclic) bond motifs is 1. The zero-order valence-electron chi connectivity index (χ0n) is 7.24. The third kappa shape index (κ3) is 1.30. The van der Waals surface area contributed by atoms with Crippen molar-refractivity contribution in [2.45, 2.75) is 13.3 Å². The highest BCUT2D eigenvalue weighted by Crippen LogP contribution is 2.01. The molecule has 0 spiro atoms. The molecule has 66 valence electrons. The molecule has 0 atom stereocenters. The van der Waals surface area contributed by atoms with Crippen molar-refractivity contribution in [1.82, 2.24) is 15.0 Å². The van der Waals surface area contributed by atoms with Crippen LogP contribution in [0.3, 0.4) is 0 Å². The number of aromatic amines is 1. The predicted molar refractivity (Wildman–Crippen MR) is 49.5 cm³/mol. The van der Waals surface area contributed by atoms with Gasteiger partial charge in [-0.15, -0.1) is 0 Å². The molecule has 2 rings (SSSR count). The van der Waals surface area contributed by atoms with Crippen LogP contribution in [0.1, 0.15) is 12.7 Å². The zero-order valence-corrected chi connectivity index (χ0v) is 7.24. The molecule has 0 aliphatic carbocycles. The first kappa shape index (κ1) is 7.91. The van der Waals surface area contributed by atoms with Gasteiger partial charge in [-0.25, -0.2) is 9.97 Å². The van der Waals surface area contributed by atoms with Crippen LogP contribution in [0.15, 0.2) is 23.1 Å². The van der Waals surface area contributed by atoms with Crippen LogP contribution in [0, 0.1) is 0 Å². The Morgan fingerprint density at radius 2 is 2.38 bits per heavy atom. The summed E-state index contributed by atoms with van der Waals surface area (Å²) in [5.41, 5.74) is 0.401. The van der Waals surface area contributed by atoms with E-state index in [1.807, 2.05) is 6.92 Å². The van der Waals surface area contributed by atoms with Gasteiger partial charge in [0.1, 0.15) is 5.82 Å². The molecule has 0 aliphatic heterocycles. The van der Waals surface area contributed by atoms with Gasteiger partial charge in [0.25, 0.3) is 5.56 Å². The molecule has 2 heterocycles. The van der Waals surface area contributed by atoms with Crippen LogP contribution >= 0.6 is 0 Å². The number of hydrogen-bond donors (Lipinski definition) is 1. The first-order valence-corrected chi connectivity index (χ1v) is 4.15. The van der Waals surface area contributed by atoms with Crippen molar-refractivity contribution in [3.05, 3.63) is 34.5 Å². The summed E-state index contributed by atoms with van der Waals surface area (Å²) >= 11 is 0. The Kier molecular flexibility index (Phi) is 1.81. The molecule has 1 N–H and O–H groups in total. The second kappa shape index (κ2) is 2.97. The third-order valence-corrected chi connectivity index (χ3v) is 1.86. The van der Waals surface area contributed by atoms with E-state index in [0.29, 0.717) is 23.3 Å². The molecule has 4 nitrogen and oxygen atoms in total. The van der Waals surface area contributed by atoms with Crippen LogP contribution in [-0.4, -0.2) is 15.0 Å². The maximum Gasteiger partial charge on any atom is 0.260 e. The molecule has 0 saturated heterocycles. The van der Waals surface area contributed by atoms with Crippen LogP contribution in [-0.2, 0) is 6.42 Å². The third-order valence-electron chi connectivity index (χ3n) is 1.86. The van der Waals surface area contributed by atoms with Crippen LogP contribution in [0.4, 0.5) is 0 Å².